The average Bonchev–Trinajstić information content (AvgIpc) is 2.85. The molecule has 1 aromatic rings. The van der Waals surface area contributed by atoms with Crippen molar-refractivity contribution in [2.45, 2.75) is 25.2 Å². The Hall–Kier alpha value is -0.910. The molecule has 0 aliphatic carbocycles. The molecule has 0 aromatic carbocycles. The molecule has 1 saturated heterocycles. The topological polar surface area (TPSA) is 50.4 Å². The van der Waals surface area contributed by atoms with Crippen molar-refractivity contribution >= 4 is 0 Å². The Labute approximate surface area is 95.8 Å². The van der Waals surface area contributed by atoms with Gasteiger partial charge in [0.05, 0.1) is 0 Å². The first-order valence-corrected chi connectivity index (χ1v) is 5.64. The summed E-state index contributed by atoms with van der Waals surface area (Å²) in [5.74, 6) is 1.52. The highest BCUT2D eigenvalue weighted by Crippen LogP contribution is 2.25. The molecule has 5 nitrogen and oxygen atoms in total. The maximum atomic E-state index is 5.28. The van der Waals surface area contributed by atoms with Crippen LogP contribution in [0.25, 0.3) is 0 Å². The molecular formula is C11H19N3O2. The van der Waals surface area contributed by atoms with Gasteiger partial charge >= 0.3 is 0 Å². The fourth-order valence-corrected chi connectivity index (χ4v) is 2.32. The quantitative estimate of drug-likeness (QED) is 0.781. The second kappa shape index (κ2) is 5.43. The predicted molar refractivity (Wildman–Crippen MR) is 59.9 cm³/mol. The fraction of sp³-hybridized carbons (Fsp3) is 0.727. The third-order valence-electron chi connectivity index (χ3n) is 3.06. The molecule has 0 radical (unpaired) electrons. The van der Waals surface area contributed by atoms with Crippen LogP contribution in [0.1, 0.15) is 24.6 Å². The fourth-order valence-electron chi connectivity index (χ4n) is 2.32. The highest BCUT2D eigenvalue weighted by atomic mass is 16.7. The van der Waals surface area contributed by atoms with Crippen molar-refractivity contribution in [1.82, 2.24) is 14.9 Å². The summed E-state index contributed by atoms with van der Waals surface area (Å²) < 4.78 is 10.6. The van der Waals surface area contributed by atoms with E-state index in [1.807, 2.05) is 6.20 Å². The minimum Gasteiger partial charge on any atom is -0.348 e. The third kappa shape index (κ3) is 2.42. The van der Waals surface area contributed by atoms with Crippen LogP contribution in [0.4, 0.5) is 0 Å². The molecule has 5 heteroatoms. The van der Waals surface area contributed by atoms with Crippen molar-refractivity contribution in [3.63, 3.8) is 0 Å². The van der Waals surface area contributed by atoms with Crippen molar-refractivity contribution in [1.29, 1.82) is 0 Å². The van der Waals surface area contributed by atoms with Crippen molar-refractivity contribution in [2.24, 2.45) is 0 Å². The van der Waals surface area contributed by atoms with Crippen LogP contribution < -0.4 is 0 Å². The lowest BCUT2D eigenvalue weighted by Gasteiger charge is -2.35. The predicted octanol–water partition coefficient (Wildman–Crippen LogP) is 1.17. The number of aromatic nitrogens is 2. The van der Waals surface area contributed by atoms with E-state index in [0.29, 0.717) is 5.92 Å². The molecule has 1 aromatic heterocycles. The van der Waals surface area contributed by atoms with Gasteiger partial charge in [0.2, 0.25) is 6.41 Å². The molecule has 1 aliphatic rings. The van der Waals surface area contributed by atoms with Gasteiger partial charge < -0.3 is 14.5 Å². The van der Waals surface area contributed by atoms with Gasteiger partial charge in [-0.1, -0.05) is 0 Å². The number of ether oxygens (including phenoxy) is 2. The van der Waals surface area contributed by atoms with Crippen LogP contribution in [0.3, 0.4) is 0 Å². The van der Waals surface area contributed by atoms with Gasteiger partial charge in [-0.25, -0.2) is 4.98 Å². The second-order valence-corrected chi connectivity index (χ2v) is 4.09. The molecule has 2 heterocycles. The number of imidazole rings is 1. The largest absolute Gasteiger partial charge is 0.348 e. The lowest BCUT2D eigenvalue weighted by molar-refractivity contribution is -0.201. The number of rotatable bonds is 4. The number of likely N-dealkylation sites (tertiary alicyclic amines) is 1. The highest BCUT2D eigenvalue weighted by Gasteiger charge is 2.27. The number of methoxy groups -OCH3 is 2. The van der Waals surface area contributed by atoms with Crippen LogP contribution in [0.2, 0.25) is 0 Å². The average molecular weight is 225 g/mol. The number of aromatic amines is 1. The van der Waals surface area contributed by atoms with Crippen molar-refractivity contribution in [2.75, 3.05) is 27.3 Å². The molecule has 0 spiro atoms. The molecule has 1 N–H and O–H groups in total. The second-order valence-electron chi connectivity index (χ2n) is 4.09. The van der Waals surface area contributed by atoms with Crippen molar-refractivity contribution in [3.8, 4) is 0 Å². The molecule has 90 valence electrons. The Bertz CT molecular complexity index is 298. The van der Waals surface area contributed by atoms with E-state index >= 15 is 0 Å². The van der Waals surface area contributed by atoms with Crippen molar-refractivity contribution < 1.29 is 9.47 Å². The summed E-state index contributed by atoms with van der Waals surface area (Å²) in [6.45, 7) is 1.95. The summed E-state index contributed by atoms with van der Waals surface area (Å²) in [6.07, 6.45) is 5.76. The van der Waals surface area contributed by atoms with E-state index in [-0.39, 0.29) is 6.41 Å². The number of hydrogen-bond acceptors (Lipinski definition) is 4. The maximum absolute atomic E-state index is 5.28. The van der Waals surface area contributed by atoms with E-state index in [0.717, 1.165) is 25.3 Å². The van der Waals surface area contributed by atoms with Crippen LogP contribution in [-0.4, -0.2) is 48.6 Å². The zero-order chi connectivity index (χ0) is 11.4. The van der Waals surface area contributed by atoms with E-state index in [9.17, 15) is 0 Å². The van der Waals surface area contributed by atoms with Gasteiger partial charge in [0.25, 0.3) is 0 Å². The molecule has 2 rings (SSSR count). The first kappa shape index (κ1) is 11.6. The Balaban J connectivity index is 1.98. The van der Waals surface area contributed by atoms with Crippen LogP contribution in [0.5, 0.6) is 0 Å². The van der Waals surface area contributed by atoms with Gasteiger partial charge in [0.15, 0.2) is 0 Å². The summed E-state index contributed by atoms with van der Waals surface area (Å²) in [7, 11) is 3.34. The third-order valence-corrected chi connectivity index (χ3v) is 3.06. The van der Waals surface area contributed by atoms with Gasteiger partial charge in [0, 0.05) is 45.6 Å². The lowest BCUT2D eigenvalue weighted by atomic mass is 9.98. The Morgan fingerprint density at radius 2 is 2.31 bits per heavy atom. The molecule has 0 saturated carbocycles. The van der Waals surface area contributed by atoms with E-state index in [2.05, 4.69) is 14.9 Å². The maximum Gasteiger partial charge on any atom is 0.218 e. The van der Waals surface area contributed by atoms with E-state index < -0.39 is 0 Å². The SMILES string of the molecule is COC(OC)N1CCCC(c2ncc[nH]2)C1. The monoisotopic (exact) mass is 225 g/mol. The Morgan fingerprint density at radius 3 is 2.94 bits per heavy atom. The van der Waals surface area contributed by atoms with E-state index in [4.69, 9.17) is 9.47 Å². The standard InChI is InChI=1S/C11H19N3O2/c1-15-11(16-2)14-7-3-4-9(8-14)10-12-5-6-13-10/h5-6,9,11H,3-4,7-8H2,1-2H3,(H,12,13). The first-order chi connectivity index (χ1) is 7.85. The molecular weight excluding hydrogens is 206 g/mol. The summed E-state index contributed by atoms with van der Waals surface area (Å²) in [4.78, 5) is 9.71. The molecule has 1 aliphatic heterocycles. The lowest BCUT2D eigenvalue weighted by Crippen LogP contribution is -2.44. The van der Waals surface area contributed by atoms with E-state index in [1.54, 1.807) is 20.4 Å². The number of nitrogens with one attached hydrogen (secondary N) is 1. The van der Waals surface area contributed by atoms with Crippen LogP contribution in [0.15, 0.2) is 12.4 Å². The van der Waals surface area contributed by atoms with Crippen LogP contribution in [-0.2, 0) is 9.47 Å². The molecule has 1 atom stereocenters. The molecule has 0 bridgehead atoms. The number of hydrogen-bond donors (Lipinski definition) is 1. The van der Waals surface area contributed by atoms with Crippen LogP contribution in [0, 0.1) is 0 Å². The molecule has 0 amide bonds. The van der Waals surface area contributed by atoms with Gasteiger partial charge in [-0.3, -0.25) is 4.90 Å². The van der Waals surface area contributed by atoms with Crippen LogP contribution >= 0.6 is 0 Å². The minimum absolute atomic E-state index is 0.238. The zero-order valence-electron chi connectivity index (χ0n) is 9.85. The zero-order valence-corrected chi connectivity index (χ0v) is 9.85. The summed E-state index contributed by atoms with van der Waals surface area (Å²) in [5.41, 5.74) is 0. The summed E-state index contributed by atoms with van der Waals surface area (Å²) >= 11 is 0. The van der Waals surface area contributed by atoms with Gasteiger partial charge in [0.1, 0.15) is 5.82 Å². The first-order valence-electron chi connectivity index (χ1n) is 5.64. The smallest absolute Gasteiger partial charge is 0.218 e. The number of H-pyrrole nitrogens is 1. The van der Waals surface area contributed by atoms with E-state index in [1.165, 1.54) is 6.42 Å². The highest BCUT2D eigenvalue weighted by molar-refractivity contribution is 4.99. The summed E-state index contributed by atoms with van der Waals surface area (Å²) in [5, 5.41) is 0. The van der Waals surface area contributed by atoms with Crippen molar-refractivity contribution in [3.05, 3.63) is 18.2 Å². The van der Waals surface area contributed by atoms with Gasteiger partial charge in [-0.05, 0) is 12.8 Å². The Morgan fingerprint density at radius 1 is 1.50 bits per heavy atom. The molecule has 1 fully saturated rings. The molecule has 16 heavy (non-hydrogen) atoms. The number of piperidine rings is 1. The Kier molecular flexibility index (Phi) is 3.93. The minimum atomic E-state index is -0.238. The van der Waals surface area contributed by atoms with Gasteiger partial charge in [-0.15, -0.1) is 0 Å². The number of nitrogens with zero attached hydrogens (tertiary/aromatic N) is 2. The van der Waals surface area contributed by atoms with Gasteiger partial charge in [-0.2, -0.15) is 0 Å². The summed E-state index contributed by atoms with van der Waals surface area (Å²) in [6, 6.07) is 0. The normalized spacial score (nSPS) is 22.8. The molecule has 1 unspecified atom stereocenters.